The van der Waals surface area contributed by atoms with Gasteiger partial charge in [-0.1, -0.05) is 18.6 Å². The molecule has 1 aliphatic rings. The highest BCUT2D eigenvalue weighted by Crippen LogP contribution is 2.29. The first-order valence-corrected chi connectivity index (χ1v) is 7.26. The lowest BCUT2D eigenvalue weighted by atomic mass is 9.85. The monoisotopic (exact) mass is 246 g/mol. The molecule has 0 radical (unpaired) electrons. The van der Waals surface area contributed by atoms with Gasteiger partial charge in [-0.2, -0.15) is 0 Å². The molecule has 2 heteroatoms. The summed E-state index contributed by atoms with van der Waals surface area (Å²) in [5, 5.41) is 3.28. The second kappa shape index (κ2) is 6.24. The lowest BCUT2D eigenvalue weighted by Gasteiger charge is -2.33. The van der Waals surface area contributed by atoms with Gasteiger partial charge in [0.05, 0.1) is 0 Å². The van der Waals surface area contributed by atoms with Crippen molar-refractivity contribution in [1.29, 1.82) is 0 Å². The molecule has 0 saturated heterocycles. The summed E-state index contributed by atoms with van der Waals surface area (Å²) in [6.07, 6.45) is 4.28. The molecular formula is C16H26N2. The Hall–Kier alpha value is -1.02. The van der Waals surface area contributed by atoms with Crippen molar-refractivity contribution in [3.8, 4) is 0 Å². The zero-order valence-corrected chi connectivity index (χ0v) is 11.9. The van der Waals surface area contributed by atoms with Gasteiger partial charge in [0.2, 0.25) is 0 Å². The van der Waals surface area contributed by atoms with Crippen LogP contribution in [0.25, 0.3) is 0 Å². The van der Waals surface area contributed by atoms with Gasteiger partial charge in [-0.3, -0.25) is 0 Å². The summed E-state index contributed by atoms with van der Waals surface area (Å²) in [7, 11) is 2.01. The summed E-state index contributed by atoms with van der Waals surface area (Å²) in [6, 6.07) is 9.47. The van der Waals surface area contributed by atoms with Crippen molar-refractivity contribution in [2.24, 2.45) is 5.92 Å². The fourth-order valence-corrected chi connectivity index (χ4v) is 2.54. The SMILES string of the molecule is CCN(CC1CCC1)c1ccc(C(C)NC)cc1. The third-order valence-corrected chi connectivity index (χ3v) is 4.28. The highest BCUT2D eigenvalue weighted by atomic mass is 15.1. The van der Waals surface area contributed by atoms with E-state index in [9.17, 15) is 0 Å². The van der Waals surface area contributed by atoms with Crippen molar-refractivity contribution in [1.82, 2.24) is 5.32 Å². The Morgan fingerprint density at radius 1 is 1.28 bits per heavy atom. The predicted molar refractivity (Wildman–Crippen MR) is 79.1 cm³/mol. The van der Waals surface area contributed by atoms with Crippen LogP contribution in [0.5, 0.6) is 0 Å². The number of nitrogens with zero attached hydrogens (tertiary/aromatic N) is 1. The maximum absolute atomic E-state index is 3.28. The van der Waals surface area contributed by atoms with Gasteiger partial charge in [0.25, 0.3) is 0 Å². The molecule has 0 amide bonds. The quantitative estimate of drug-likeness (QED) is 0.825. The summed E-state index contributed by atoms with van der Waals surface area (Å²) >= 11 is 0. The van der Waals surface area contributed by atoms with Crippen LogP contribution >= 0.6 is 0 Å². The first-order chi connectivity index (χ1) is 8.74. The molecule has 1 saturated carbocycles. The summed E-state index contributed by atoms with van der Waals surface area (Å²) in [6.45, 7) is 6.79. The maximum Gasteiger partial charge on any atom is 0.0366 e. The molecule has 1 fully saturated rings. The van der Waals surface area contributed by atoms with Gasteiger partial charge in [0, 0.05) is 24.8 Å². The summed E-state index contributed by atoms with van der Waals surface area (Å²) in [5.41, 5.74) is 2.73. The largest absolute Gasteiger partial charge is 0.372 e. The van der Waals surface area contributed by atoms with Crippen molar-refractivity contribution >= 4 is 5.69 Å². The van der Waals surface area contributed by atoms with Crippen LogP contribution in [-0.2, 0) is 0 Å². The minimum absolute atomic E-state index is 0.431. The van der Waals surface area contributed by atoms with E-state index in [1.54, 1.807) is 0 Å². The predicted octanol–water partition coefficient (Wildman–Crippen LogP) is 3.59. The van der Waals surface area contributed by atoms with Crippen LogP contribution in [-0.4, -0.2) is 20.1 Å². The van der Waals surface area contributed by atoms with Gasteiger partial charge in [-0.15, -0.1) is 0 Å². The molecule has 18 heavy (non-hydrogen) atoms. The second-order valence-electron chi connectivity index (χ2n) is 5.44. The molecule has 0 heterocycles. The molecule has 1 unspecified atom stereocenters. The van der Waals surface area contributed by atoms with Gasteiger partial charge >= 0.3 is 0 Å². The zero-order valence-electron chi connectivity index (χ0n) is 11.9. The normalized spacial score (nSPS) is 17.3. The summed E-state index contributed by atoms with van der Waals surface area (Å²) in [4.78, 5) is 2.51. The first kappa shape index (κ1) is 13.4. The molecule has 0 bridgehead atoms. The molecule has 0 aliphatic heterocycles. The Kier molecular flexibility index (Phi) is 4.65. The Bertz CT molecular complexity index is 354. The number of rotatable bonds is 6. The Morgan fingerprint density at radius 2 is 1.94 bits per heavy atom. The molecule has 0 spiro atoms. The second-order valence-corrected chi connectivity index (χ2v) is 5.44. The van der Waals surface area contributed by atoms with Gasteiger partial charge in [-0.05, 0) is 57.4 Å². The Morgan fingerprint density at radius 3 is 2.39 bits per heavy atom. The highest BCUT2D eigenvalue weighted by Gasteiger charge is 2.20. The average molecular weight is 246 g/mol. The number of hydrogen-bond acceptors (Lipinski definition) is 2. The fraction of sp³-hybridized carbons (Fsp3) is 0.625. The zero-order chi connectivity index (χ0) is 13.0. The van der Waals surface area contributed by atoms with E-state index in [4.69, 9.17) is 0 Å². The third kappa shape index (κ3) is 3.05. The van der Waals surface area contributed by atoms with Crippen LogP contribution in [0.15, 0.2) is 24.3 Å². The highest BCUT2D eigenvalue weighted by molar-refractivity contribution is 5.48. The minimum Gasteiger partial charge on any atom is -0.372 e. The van der Waals surface area contributed by atoms with E-state index in [2.05, 4.69) is 48.3 Å². The van der Waals surface area contributed by atoms with E-state index >= 15 is 0 Å². The van der Waals surface area contributed by atoms with Crippen molar-refractivity contribution in [2.45, 2.75) is 39.2 Å². The van der Waals surface area contributed by atoms with Gasteiger partial charge in [-0.25, -0.2) is 0 Å². The molecule has 0 aromatic heterocycles. The number of hydrogen-bond donors (Lipinski definition) is 1. The smallest absolute Gasteiger partial charge is 0.0366 e. The standard InChI is InChI=1S/C16H26N2/c1-4-18(12-14-6-5-7-14)16-10-8-15(9-11-16)13(2)17-3/h8-11,13-14,17H,4-7,12H2,1-3H3. The Labute approximate surface area is 111 Å². The van der Waals surface area contributed by atoms with Crippen molar-refractivity contribution in [2.75, 3.05) is 25.0 Å². The van der Waals surface area contributed by atoms with Crippen molar-refractivity contribution in [3.05, 3.63) is 29.8 Å². The molecule has 1 aromatic rings. The minimum atomic E-state index is 0.431. The first-order valence-electron chi connectivity index (χ1n) is 7.26. The van der Waals surface area contributed by atoms with Crippen LogP contribution in [0, 0.1) is 5.92 Å². The maximum atomic E-state index is 3.28. The van der Waals surface area contributed by atoms with Gasteiger partial charge in [0.15, 0.2) is 0 Å². The van der Waals surface area contributed by atoms with E-state index < -0.39 is 0 Å². The number of benzene rings is 1. The van der Waals surface area contributed by atoms with Crippen LogP contribution in [0.3, 0.4) is 0 Å². The lowest BCUT2D eigenvalue weighted by molar-refractivity contribution is 0.318. The van der Waals surface area contributed by atoms with Crippen LogP contribution < -0.4 is 10.2 Å². The van der Waals surface area contributed by atoms with Crippen LogP contribution in [0.2, 0.25) is 0 Å². The van der Waals surface area contributed by atoms with Crippen molar-refractivity contribution in [3.63, 3.8) is 0 Å². The van der Waals surface area contributed by atoms with Gasteiger partial charge in [0.1, 0.15) is 0 Å². The molecule has 2 nitrogen and oxygen atoms in total. The molecule has 1 N–H and O–H groups in total. The third-order valence-electron chi connectivity index (χ3n) is 4.28. The van der Waals surface area contributed by atoms with Crippen LogP contribution in [0.1, 0.15) is 44.7 Å². The average Bonchev–Trinajstić information content (AvgIpc) is 2.37. The van der Waals surface area contributed by atoms with E-state index in [0.29, 0.717) is 6.04 Å². The van der Waals surface area contributed by atoms with E-state index in [-0.39, 0.29) is 0 Å². The van der Waals surface area contributed by atoms with Gasteiger partial charge < -0.3 is 10.2 Å². The van der Waals surface area contributed by atoms with Crippen molar-refractivity contribution < 1.29 is 0 Å². The molecule has 1 atom stereocenters. The fourth-order valence-electron chi connectivity index (χ4n) is 2.54. The lowest BCUT2D eigenvalue weighted by Crippen LogP contribution is -2.32. The summed E-state index contributed by atoms with van der Waals surface area (Å²) in [5.74, 6) is 0.931. The molecule has 1 aliphatic carbocycles. The number of nitrogens with one attached hydrogen (secondary N) is 1. The molecule has 2 rings (SSSR count). The van der Waals surface area contributed by atoms with E-state index in [0.717, 1.165) is 12.5 Å². The van der Waals surface area contributed by atoms with Crippen LogP contribution in [0.4, 0.5) is 5.69 Å². The topological polar surface area (TPSA) is 15.3 Å². The van der Waals surface area contributed by atoms with E-state index in [1.807, 2.05) is 7.05 Å². The molecule has 100 valence electrons. The Balaban J connectivity index is 2.01. The van der Waals surface area contributed by atoms with E-state index in [1.165, 1.54) is 37.1 Å². The molecule has 1 aromatic carbocycles. The summed E-state index contributed by atoms with van der Waals surface area (Å²) < 4.78 is 0. The molecular weight excluding hydrogens is 220 g/mol. The number of anilines is 1.